The number of carbonyl (C=O) groups excluding carboxylic acids is 1. The number of pyridine rings is 1. The number of nitrogens with two attached hydrogens (primary N) is 1. The van der Waals surface area contributed by atoms with Crippen molar-refractivity contribution in [3.63, 3.8) is 0 Å². The molecule has 0 bridgehead atoms. The van der Waals surface area contributed by atoms with Gasteiger partial charge in [0.05, 0.1) is 16.5 Å². The van der Waals surface area contributed by atoms with Crippen molar-refractivity contribution in [3.05, 3.63) is 70.6 Å². The van der Waals surface area contributed by atoms with Gasteiger partial charge in [-0.3, -0.25) is 14.0 Å². The van der Waals surface area contributed by atoms with E-state index >= 15 is 0 Å². The number of hydrogen-bond acceptors (Lipinski definition) is 4. The minimum absolute atomic E-state index is 0. The average Bonchev–Trinajstić information content (AvgIpc) is 2.66. The molecular formula is C19H17ClN4O2. The maximum atomic E-state index is 12.9. The second-order valence-corrected chi connectivity index (χ2v) is 5.76. The molecule has 0 atom stereocenters. The van der Waals surface area contributed by atoms with Crippen molar-refractivity contribution >= 4 is 45.6 Å². The van der Waals surface area contributed by atoms with Crippen molar-refractivity contribution in [2.45, 2.75) is 0 Å². The quantitative estimate of drug-likeness (QED) is 0.428. The lowest BCUT2D eigenvalue weighted by atomic mass is 10.1. The van der Waals surface area contributed by atoms with Crippen molar-refractivity contribution in [2.75, 3.05) is 13.1 Å². The molecule has 3 N–H and O–H groups in total. The largest absolute Gasteiger partial charge is 0.351 e. The molecule has 2 aromatic heterocycles. The van der Waals surface area contributed by atoms with E-state index in [1.807, 2.05) is 30.3 Å². The predicted octanol–water partition coefficient (Wildman–Crippen LogP) is 2.11. The summed E-state index contributed by atoms with van der Waals surface area (Å²) in [5.41, 5.74) is 6.54. The van der Waals surface area contributed by atoms with Gasteiger partial charge in [-0.25, -0.2) is 4.98 Å². The summed E-state index contributed by atoms with van der Waals surface area (Å²) < 4.78 is 1.41. The fraction of sp³-hybridized carbons (Fsp3) is 0.105. The number of nitrogens with zero attached hydrogens (tertiary/aromatic N) is 2. The van der Waals surface area contributed by atoms with Gasteiger partial charge in [-0.05, 0) is 23.6 Å². The van der Waals surface area contributed by atoms with Crippen LogP contribution >= 0.6 is 12.4 Å². The lowest BCUT2D eigenvalue weighted by molar-refractivity contribution is 0.0956. The van der Waals surface area contributed by atoms with Gasteiger partial charge in [-0.1, -0.05) is 30.3 Å². The number of benzene rings is 2. The fourth-order valence-corrected chi connectivity index (χ4v) is 3.02. The number of rotatable bonds is 3. The topological polar surface area (TPSA) is 89.5 Å². The van der Waals surface area contributed by atoms with Crippen LogP contribution in [0.3, 0.4) is 0 Å². The first-order valence-corrected chi connectivity index (χ1v) is 8.02. The number of aromatic nitrogens is 2. The smallest absolute Gasteiger partial charge is 0.265 e. The summed E-state index contributed by atoms with van der Waals surface area (Å²) >= 11 is 0. The maximum Gasteiger partial charge on any atom is 0.265 e. The van der Waals surface area contributed by atoms with Crippen LogP contribution in [-0.2, 0) is 0 Å². The van der Waals surface area contributed by atoms with Gasteiger partial charge in [0.15, 0.2) is 5.65 Å². The Balaban J connectivity index is 0.00000196. The molecule has 0 spiro atoms. The molecule has 0 unspecified atom stereocenters. The third kappa shape index (κ3) is 2.79. The minimum Gasteiger partial charge on any atom is -0.351 e. The molecule has 0 aliphatic heterocycles. The van der Waals surface area contributed by atoms with Crippen LogP contribution in [0.1, 0.15) is 10.4 Å². The van der Waals surface area contributed by atoms with Crippen molar-refractivity contribution in [2.24, 2.45) is 5.73 Å². The van der Waals surface area contributed by atoms with Crippen LogP contribution in [-0.4, -0.2) is 28.4 Å². The summed E-state index contributed by atoms with van der Waals surface area (Å²) in [4.78, 5) is 30.0. The zero-order valence-electron chi connectivity index (χ0n) is 13.8. The Morgan fingerprint density at radius 1 is 1.08 bits per heavy atom. The Labute approximate surface area is 155 Å². The van der Waals surface area contributed by atoms with Crippen molar-refractivity contribution < 1.29 is 4.79 Å². The van der Waals surface area contributed by atoms with Gasteiger partial charge < -0.3 is 11.1 Å². The van der Waals surface area contributed by atoms with Crippen molar-refractivity contribution in [3.8, 4) is 0 Å². The Morgan fingerprint density at radius 3 is 2.69 bits per heavy atom. The number of fused-ring (bicyclic) bond motifs is 4. The maximum absolute atomic E-state index is 12.9. The second-order valence-electron chi connectivity index (χ2n) is 5.76. The average molecular weight is 369 g/mol. The molecule has 0 fully saturated rings. The Hall–Kier alpha value is -2.96. The van der Waals surface area contributed by atoms with Crippen molar-refractivity contribution in [1.82, 2.24) is 14.7 Å². The first kappa shape index (κ1) is 17.8. The van der Waals surface area contributed by atoms with E-state index in [1.54, 1.807) is 24.4 Å². The number of amides is 1. The SMILES string of the molecule is Cl.NCCNC(=O)c1cccn2c(=O)c3ccc4ccccc4c3nc12. The summed E-state index contributed by atoms with van der Waals surface area (Å²) in [7, 11) is 0. The first-order chi connectivity index (χ1) is 12.2. The van der Waals surface area contributed by atoms with Crippen LogP contribution in [0.2, 0.25) is 0 Å². The van der Waals surface area contributed by atoms with Gasteiger partial charge in [0, 0.05) is 24.7 Å². The zero-order chi connectivity index (χ0) is 17.4. The van der Waals surface area contributed by atoms with E-state index in [1.165, 1.54) is 4.40 Å². The van der Waals surface area contributed by atoms with Crippen LogP contribution < -0.4 is 16.6 Å². The van der Waals surface area contributed by atoms with E-state index in [0.717, 1.165) is 10.8 Å². The number of halogens is 1. The molecule has 4 aromatic rings. The van der Waals surface area contributed by atoms with Crippen LogP contribution in [0.4, 0.5) is 0 Å². The first-order valence-electron chi connectivity index (χ1n) is 8.02. The van der Waals surface area contributed by atoms with E-state index < -0.39 is 0 Å². The van der Waals surface area contributed by atoms with Gasteiger partial charge in [0.25, 0.3) is 11.5 Å². The molecule has 0 saturated heterocycles. The number of hydrogen-bond donors (Lipinski definition) is 2. The molecule has 0 aliphatic carbocycles. The second kappa shape index (κ2) is 7.11. The molecule has 1 amide bonds. The van der Waals surface area contributed by atoms with Gasteiger partial charge >= 0.3 is 0 Å². The van der Waals surface area contributed by atoms with Crippen LogP contribution in [0.15, 0.2) is 59.5 Å². The van der Waals surface area contributed by atoms with Crippen LogP contribution in [0.5, 0.6) is 0 Å². The predicted molar refractivity (Wildman–Crippen MR) is 105 cm³/mol. The molecule has 2 heterocycles. The fourth-order valence-electron chi connectivity index (χ4n) is 3.02. The van der Waals surface area contributed by atoms with E-state index in [-0.39, 0.29) is 23.9 Å². The zero-order valence-corrected chi connectivity index (χ0v) is 14.6. The third-order valence-electron chi connectivity index (χ3n) is 4.21. The molecular weight excluding hydrogens is 352 g/mol. The summed E-state index contributed by atoms with van der Waals surface area (Å²) in [5.74, 6) is -0.296. The van der Waals surface area contributed by atoms with Gasteiger partial charge in [0.1, 0.15) is 0 Å². The molecule has 0 saturated carbocycles. The molecule has 7 heteroatoms. The standard InChI is InChI=1S/C19H16N4O2.ClH/c20-9-10-21-18(24)15-6-3-11-23-17(15)22-16-13-5-2-1-4-12(13)7-8-14(16)19(23)25;/h1-8,11H,9-10,20H2,(H,21,24);1H. The summed E-state index contributed by atoms with van der Waals surface area (Å²) in [5, 5.41) is 5.13. The van der Waals surface area contributed by atoms with E-state index in [9.17, 15) is 9.59 Å². The Bertz CT molecular complexity index is 1190. The number of carbonyl (C=O) groups is 1. The normalized spacial score (nSPS) is 10.8. The highest BCUT2D eigenvalue weighted by Crippen LogP contribution is 2.22. The highest BCUT2D eigenvalue weighted by molar-refractivity contribution is 6.07. The third-order valence-corrected chi connectivity index (χ3v) is 4.21. The molecule has 0 radical (unpaired) electrons. The molecule has 26 heavy (non-hydrogen) atoms. The molecule has 6 nitrogen and oxygen atoms in total. The molecule has 132 valence electrons. The molecule has 2 aromatic carbocycles. The Morgan fingerprint density at radius 2 is 1.88 bits per heavy atom. The Kier molecular flexibility index (Phi) is 4.88. The lowest BCUT2D eigenvalue weighted by Crippen LogP contribution is -2.30. The van der Waals surface area contributed by atoms with Gasteiger partial charge in [-0.2, -0.15) is 0 Å². The monoisotopic (exact) mass is 368 g/mol. The van der Waals surface area contributed by atoms with Crippen LogP contribution in [0, 0.1) is 0 Å². The highest BCUT2D eigenvalue weighted by atomic mass is 35.5. The van der Waals surface area contributed by atoms with E-state index in [2.05, 4.69) is 10.3 Å². The molecule has 4 rings (SSSR count). The minimum atomic E-state index is -0.296. The van der Waals surface area contributed by atoms with Gasteiger partial charge in [0.2, 0.25) is 0 Å². The summed E-state index contributed by atoms with van der Waals surface area (Å²) in [6.07, 6.45) is 1.62. The summed E-state index contributed by atoms with van der Waals surface area (Å²) in [6.45, 7) is 0.706. The van der Waals surface area contributed by atoms with Crippen LogP contribution in [0.25, 0.3) is 27.3 Å². The van der Waals surface area contributed by atoms with Gasteiger partial charge in [-0.15, -0.1) is 12.4 Å². The van der Waals surface area contributed by atoms with E-state index in [0.29, 0.717) is 35.2 Å². The summed E-state index contributed by atoms with van der Waals surface area (Å²) in [6, 6.07) is 14.8. The lowest BCUT2D eigenvalue weighted by Gasteiger charge is -2.10. The highest BCUT2D eigenvalue weighted by Gasteiger charge is 2.15. The molecule has 0 aliphatic rings. The van der Waals surface area contributed by atoms with Crippen molar-refractivity contribution in [1.29, 1.82) is 0 Å². The van der Waals surface area contributed by atoms with E-state index in [4.69, 9.17) is 5.73 Å². The number of nitrogens with one attached hydrogen (secondary N) is 1.